The lowest BCUT2D eigenvalue weighted by Crippen LogP contribution is -2.34. The van der Waals surface area contributed by atoms with Crippen LogP contribution in [0.3, 0.4) is 0 Å². The second kappa shape index (κ2) is 25.2. The lowest BCUT2D eigenvalue weighted by molar-refractivity contribution is 0.101. The summed E-state index contributed by atoms with van der Waals surface area (Å²) in [4.78, 5) is 2.55. The van der Waals surface area contributed by atoms with E-state index in [2.05, 4.69) is 25.7 Å². The highest BCUT2D eigenvalue weighted by molar-refractivity contribution is 4.66. The van der Waals surface area contributed by atoms with Crippen LogP contribution in [0.5, 0.6) is 0 Å². The average molecular weight is 426 g/mol. The Morgan fingerprint density at radius 2 is 0.833 bits per heavy atom. The molecule has 0 aromatic carbocycles. The quantitative estimate of drug-likeness (QED) is 0.148. The number of rotatable bonds is 25. The maximum Gasteiger partial charge on any atom is 0.0667 e. The van der Waals surface area contributed by atoms with Crippen LogP contribution in [0.2, 0.25) is 0 Å². The average Bonchev–Trinajstić information content (AvgIpc) is 2.75. The lowest BCUT2D eigenvalue weighted by atomic mass is 10.0. The van der Waals surface area contributed by atoms with E-state index in [-0.39, 0.29) is 6.10 Å². The fourth-order valence-electron chi connectivity index (χ4n) is 4.40. The first-order chi connectivity index (χ1) is 14.7. The molecule has 0 saturated heterocycles. The van der Waals surface area contributed by atoms with Crippen molar-refractivity contribution in [2.24, 2.45) is 0 Å². The number of aliphatic hydroxyl groups excluding tert-OH is 1. The van der Waals surface area contributed by atoms with E-state index in [0.29, 0.717) is 0 Å². The van der Waals surface area contributed by atoms with E-state index in [0.717, 1.165) is 13.0 Å². The largest absolute Gasteiger partial charge is 0.392 e. The molecule has 0 aromatic rings. The van der Waals surface area contributed by atoms with Gasteiger partial charge in [0.15, 0.2) is 0 Å². The van der Waals surface area contributed by atoms with Gasteiger partial charge in [-0.1, -0.05) is 136 Å². The Kier molecular flexibility index (Phi) is 25.1. The van der Waals surface area contributed by atoms with E-state index in [4.69, 9.17) is 0 Å². The highest BCUT2D eigenvalue weighted by atomic mass is 16.3. The zero-order valence-electron chi connectivity index (χ0n) is 21.4. The normalized spacial score (nSPS) is 12.7. The summed E-state index contributed by atoms with van der Waals surface area (Å²) in [5.74, 6) is 0. The zero-order valence-corrected chi connectivity index (χ0v) is 21.4. The third kappa shape index (κ3) is 22.6. The second-order valence-electron chi connectivity index (χ2n) is 9.75. The topological polar surface area (TPSA) is 23.5 Å². The van der Waals surface area contributed by atoms with E-state index in [1.54, 1.807) is 0 Å². The first-order valence-corrected chi connectivity index (χ1v) is 14.1. The molecule has 2 nitrogen and oxygen atoms in total. The van der Waals surface area contributed by atoms with Gasteiger partial charge < -0.3 is 10.0 Å². The smallest absolute Gasteiger partial charge is 0.0667 e. The predicted molar refractivity (Wildman–Crippen MR) is 136 cm³/mol. The number of hydrogen-bond donors (Lipinski definition) is 1. The molecule has 1 N–H and O–H groups in total. The Balaban J connectivity index is 3.70. The molecule has 0 bridgehead atoms. The fourth-order valence-corrected chi connectivity index (χ4v) is 4.40. The fraction of sp³-hybridized carbons (Fsp3) is 1.00. The molecule has 0 fully saturated rings. The Hall–Kier alpha value is -0.0800. The van der Waals surface area contributed by atoms with E-state index in [1.165, 1.54) is 142 Å². The molecule has 0 aliphatic carbocycles. The van der Waals surface area contributed by atoms with Gasteiger partial charge in [0.25, 0.3) is 0 Å². The molecule has 0 aliphatic rings. The lowest BCUT2D eigenvalue weighted by Gasteiger charge is -2.25. The SMILES string of the molecule is CCCCCCCCCCCCN(CCCC)CC(O)CCCCCCCCCC. The first kappa shape index (κ1) is 29.9. The van der Waals surface area contributed by atoms with Gasteiger partial charge >= 0.3 is 0 Å². The molecule has 2 heteroatoms. The highest BCUT2D eigenvalue weighted by Gasteiger charge is 2.11. The summed E-state index contributed by atoms with van der Waals surface area (Å²) in [7, 11) is 0. The number of hydrogen-bond acceptors (Lipinski definition) is 2. The summed E-state index contributed by atoms with van der Waals surface area (Å²) in [6.07, 6.45) is 28.2. The van der Waals surface area contributed by atoms with Crippen LogP contribution >= 0.6 is 0 Å². The summed E-state index contributed by atoms with van der Waals surface area (Å²) < 4.78 is 0. The second-order valence-corrected chi connectivity index (χ2v) is 9.75. The van der Waals surface area contributed by atoms with Crippen LogP contribution in [0, 0.1) is 0 Å². The van der Waals surface area contributed by atoms with Crippen LogP contribution in [0.4, 0.5) is 0 Å². The number of aliphatic hydroxyl groups is 1. The van der Waals surface area contributed by atoms with Crippen molar-refractivity contribution in [3.05, 3.63) is 0 Å². The molecule has 0 spiro atoms. The highest BCUT2D eigenvalue weighted by Crippen LogP contribution is 2.13. The standard InChI is InChI=1S/C28H59NO/c1-4-7-10-12-14-16-17-19-21-23-26-29(25-9-6-3)27-28(30)24-22-20-18-15-13-11-8-5-2/h28,30H,4-27H2,1-3H3. The van der Waals surface area contributed by atoms with Gasteiger partial charge in [-0.3, -0.25) is 0 Å². The van der Waals surface area contributed by atoms with Crippen molar-refractivity contribution in [3.8, 4) is 0 Å². The van der Waals surface area contributed by atoms with Crippen molar-refractivity contribution in [2.75, 3.05) is 19.6 Å². The Morgan fingerprint density at radius 3 is 1.30 bits per heavy atom. The van der Waals surface area contributed by atoms with Crippen LogP contribution in [0.1, 0.15) is 156 Å². The van der Waals surface area contributed by atoms with Crippen molar-refractivity contribution < 1.29 is 5.11 Å². The molecule has 0 rings (SSSR count). The molecule has 0 aliphatic heterocycles. The summed E-state index contributed by atoms with van der Waals surface area (Å²) >= 11 is 0. The zero-order chi connectivity index (χ0) is 22.1. The van der Waals surface area contributed by atoms with Gasteiger partial charge in [0.2, 0.25) is 0 Å². The van der Waals surface area contributed by atoms with Gasteiger partial charge in [-0.25, -0.2) is 0 Å². The van der Waals surface area contributed by atoms with Gasteiger partial charge in [-0.2, -0.15) is 0 Å². The monoisotopic (exact) mass is 425 g/mol. The van der Waals surface area contributed by atoms with Gasteiger partial charge in [0.05, 0.1) is 6.10 Å². The summed E-state index contributed by atoms with van der Waals surface area (Å²) in [5, 5.41) is 10.5. The van der Waals surface area contributed by atoms with Gasteiger partial charge in [-0.15, -0.1) is 0 Å². The summed E-state index contributed by atoms with van der Waals surface area (Å²) in [5.41, 5.74) is 0. The first-order valence-electron chi connectivity index (χ1n) is 14.1. The van der Waals surface area contributed by atoms with Crippen LogP contribution in [0.15, 0.2) is 0 Å². The van der Waals surface area contributed by atoms with Crippen molar-refractivity contribution in [1.82, 2.24) is 4.90 Å². The molecule has 30 heavy (non-hydrogen) atoms. The minimum absolute atomic E-state index is 0.120. The van der Waals surface area contributed by atoms with Gasteiger partial charge in [0.1, 0.15) is 0 Å². The predicted octanol–water partition coefficient (Wildman–Crippen LogP) is 8.90. The molecule has 182 valence electrons. The van der Waals surface area contributed by atoms with E-state index < -0.39 is 0 Å². The molecule has 0 aromatic heterocycles. The minimum Gasteiger partial charge on any atom is -0.392 e. The molecular formula is C28H59NO. The van der Waals surface area contributed by atoms with Crippen molar-refractivity contribution >= 4 is 0 Å². The molecular weight excluding hydrogens is 366 g/mol. The molecule has 1 unspecified atom stereocenters. The maximum atomic E-state index is 10.5. The Morgan fingerprint density at radius 1 is 0.467 bits per heavy atom. The third-order valence-electron chi connectivity index (χ3n) is 6.52. The van der Waals surface area contributed by atoms with E-state index in [9.17, 15) is 5.11 Å². The van der Waals surface area contributed by atoms with Crippen LogP contribution in [0.25, 0.3) is 0 Å². The van der Waals surface area contributed by atoms with Crippen LogP contribution < -0.4 is 0 Å². The van der Waals surface area contributed by atoms with Gasteiger partial charge in [0, 0.05) is 6.54 Å². The van der Waals surface area contributed by atoms with Crippen LogP contribution in [-0.2, 0) is 0 Å². The third-order valence-corrected chi connectivity index (χ3v) is 6.52. The number of nitrogens with zero attached hydrogens (tertiary/aromatic N) is 1. The molecule has 1 atom stereocenters. The van der Waals surface area contributed by atoms with Crippen molar-refractivity contribution in [1.29, 1.82) is 0 Å². The molecule has 0 saturated carbocycles. The maximum absolute atomic E-state index is 10.5. The van der Waals surface area contributed by atoms with E-state index >= 15 is 0 Å². The summed E-state index contributed by atoms with van der Waals surface area (Å²) in [6, 6.07) is 0. The molecule has 0 heterocycles. The van der Waals surface area contributed by atoms with Gasteiger partial charge in [-0.05, 0) is 32.4 Å². The van der Waals surface area contributed by atoms with E-state index in [1.807, 2.05) is 0 Å². The Bertz CT molecular complexity index is 307. The molecule has 0 radical (unpaired) electrons. The summed E-state index contributed by atoms with van der Waals surface area (Å²) in [6.45, 7) is 10.1. The molecule has 0 amide bonds. The number of unbranched alkanes of at least 4 members (excludes halogenated alkanes) is 17. The van der Waals surface area contributed by atoms with Crippen molar-refractivity contribution in [3.63, 3.8) is 0 Å². The Labute approximate surface area is 191 Å². The van der Waals surface area contributed by atoms with Crippen molar-refractivity contribution in [2.45, 2.75) is 162 Å². The minimum atomic E-state index is -0.120. The van der Waals surface area contributed by atoms with Crippen LogP contribution in [-0.4, -0.2) is 35.7 Å².